The van der Waals surface area contributed by atoms with Crippen molar-refractivity contribution in [3.8, 4) is 0 Å². The highest BCUT2D eigenvalue weighted by Gasteiger charge is 2.35. The number of aldehydes is 1. The molecule has 0 aliphatic carbocycles. The van der Waals surface area contributed by atoms with Gasteiger partial charge in [-0.15, -0.1) is 5.53 Å². The van der Waals surface area contributed by atoms with Gasteiger partial charge in [-0.05, 0) is 23.8 Å². The van der Waals surface area contributed by atoms with Crippen LogP contribution in [0.1, 0.15) is 21.5 Å². The highest BCUT2D eigenvalue weighted by atomic mass is 79.9. The van der Waals surface area contributed by atoms with Crippen molar-refractivity contribution in [2.75, 3.05) is 6.54 Å². The molecule has 0 unspecified atom stereocenters. The predicted molar refractivity (Wildman–Crippen MR) is 99.1 cm³/mol. The zero-order valence-corrected chi connectivity index (χ0v) is 16.3. The van der Waals surface area contributed by atoms with Crippen molar-refractivity contribution in [2.45, 2.75) is 12.8 Å². The highest BCUT2D eigenvalue weighted by Crippen LogP contribution is 2.33. The van der Waals surface area contributed by atoms with Gasteiger partial charge < -0.3 is 9.53 Å². The second-order valence-corrected chi connectivity index (χ2v) is 6.49. The van der Waals surface area contributed by atoms with Crippen LogP contribution in [0.4, 0.5) is 18.0 Å². The number of hydrogen-bond donors (Lipinski definition) is 2. The van der Waals surface area contributed by atoms with Crippen molar-refractivity contribution in [1.82, 2.24) is 16.0 Å². The number of nitrogens with one attached hydrogen (secondary N) is 2. The maximum atomic E-state index is 13.1. The number of ether oxygens (including phenoxy) is 1. The third kappa shape index (κ3) is 6.57. The molecule has 0 aromatic heterocycles. The minimum absolute atomic E-state index is 0.102. The van der Waals surface area contributed by atoms with Gasteiger partial charge in [0.25, 0.3) is 5.91 Å². The van der Waals surface area contributed by atoms with Crippen LogP contribution >= 0.6 is 15.9 Å². The van der Waals surface area contributed by atoms with Crippen LogP contribution in [0, 0.1) is 0 Å². The molecule has 154 valence electrons. The summed E-state index contributed by atoms with van der Waals surface area (Å²) in [6, 6.07) is 11.7. The van der Waals surface area contributed by atoms with Crippen LogP contribution in [0.5, 0.6) is 0 Å². The summed E-state index contributed by atoms with van der Waals surface area (Å²) in [5.41, 5.74) is 2.90. The van der Waals surface area contributed by atoms with E-state index < -0.39 is 35.8 Å². The standard InChI is InChI=1S/C18H15BrF3N3O4/c19-13-6-7-14(15(10-13)18(20,21)22)16(27)23-24-25(8-9-26)17(28)29-11-12-4-2-1-3-5-12/h1-7,9-10,24H,8,11H2,(H,23,27). The van der Waals surface area contributed by atoms with E-state index in [0.29, 0.717) is 16.9 Å². The third-order valence-corrected chi connectivity index (χ3v) is 4.01. The summed E-state index contributed by atoms with van der Waals surface area (Å²) in [6.45, 7) is -0.615. The Morgan fingerprint density at radius 2 is 1.83 bits per heavy atom. The van der Waals surface area contributed by atoms with Gasteiger partial charge in [-0.3, -0.25) is 10.2 Å². The number of hydrogen-bond acceptors (Lipinski definition) is 5. The lowest BCUT2D eigenvalue weighted by atomic mass is 10.1. The Labute approximate surface area is 171 Å². The fourth-order valence-corrected chi connectivity index (χ4v) is 2.53. The number of alkyl halides is 3. The number of carbonyl (C=O) groups is 3. The zero-order valence-electron chi connectivity index (χ0n) is 14.7. The fourth-order valence-electron chi connectivity index (χ4n) is 2.17. The lowest BCUT2D eigenvalue weighted by Crippen LogP contribution is -2.53. The molecule has 0 fully saturated rings. The number of amides is 2. The Morgan fingerprint density at radius 3 is 2.45 bits per heavy atom. The molecule has 2 rings (SSSR count). The number of hydrazine groups is 2. The fraction of sp³-hybridized carbons (Fsp3) is 0.167. The van der Waals surface area contributed by atoms with Crippen LogP contribution in [-0.4, -0.2) is 29.8 Å². The first kappa shape index (κ1) is 22.4. The lowest BCUT2D eigenvalue weighted by Gasteiger charge is -2.21. The Hall–Kier alpha value is -2.92. The molecule has 0 radical (unpaired) electrons. The molecule has 0 spiro atoms. The monoisotopic (exact) mass is 473 g/mol. The molecule has 7 nitrogen and oxygen atoms in total. The van der Waals surface area contributed by atoms with E-state index in [1.165, 1.54) is 6.07 Å². The first-order valence-corrected chi connectivity index (χ1v) is 8.86. The van der Waals surface area contributed by atoms with Crippen LogP contribution in [-0.2, 0) is 22.3 Å². The second-order valence-electron chi connectivity index (χ2n) is 5.57. The Morgan fingerprint density at radius 1 is 1.14 bits per heavy atom. The summed E-state index contributed by atoms with van der Waals surface area (Å²) in [7, 11) is 0. The number of rotatable bonds is 7. The summed E-state index contributed by atoms with van der Waals surface area (Å²) in [5, 5.41) is 0.611. The van der Waals surface area contributed by atoms with E-state index in [0.717, 1.165) is 12.1 Å². The van der Waals surface area contributed by atoms with E-state index in [9.17, 15) is 27.6 Å². The van der Waals surface area contributed by atoms with Crippen molar-refractivity contribution in [3.05, 3.63) is 69.7 Å². The zero-order chi connectivity index (χ0) is 21.4. The highest BCUT2D eigenvalue weighted by molar-refractivity contribution is 9.10. The first-order valence-electron chi connectivity index (χ1n) is 8.07. The van der Waals surface area contributed by atoms with Crippen LogP contribution in [0.15, 0.2) is 53.0 Å². The number of nitrogens with zero attached hydrogens (tertiary/aromatic N) is 1. The summed E-state index contributed by atoms with van der Waals surface area (Å²) in [4.78, 5) is 35.0. The van der Waals surface area contributed by atoms with Gasteiger partial charge in [0.2, 0.25) is 0 Å². The van der Waals surface area contributed by atoms with Crippen LogP contribution in [0.2, 0.25) is 0 Å². The molecular weight excluding hydrogens is 459 g/mol. The summed E-state index contributed by atoms with van der Waals surface area (Å²) in [6.07, 6.45) is -5.43. The minimum Gasteiger partial charge on any atom is -0.444 e. The van der Waals surface area contributed by atoms with Gasteiger partial charge in [-0.2, -0.15) is 13.2 Å². The molecule has 2 amide bonds. The average Bonchev–Trinajstić information content (AvgIpc) is 2.69. The maximum Gasteiger partial charge on any atom is 0.426 e. The summed E-state index contributed by atoms with van der Waals surface area (Å²) >= 11 is 2.92. The molecular formula is C18H15BrF3N3O4. The maximum absolute atomic E-state index is 13.1. The van der Waals surface area contributed by atoms with Crippen molar-refractivity contribution in [2.24, 2.45) is 0 Å². The van der Waals surface area contributed by atoms with Gasteiger partial charge in [0, 0.05) is 4.47 Å². The first-order chi connectivity index (χ1) is 13.7. The molecule has 0 saturated heterocycles. The molecule has 0 aliphatic heterocycles. The van der Waals surface area contributed by atoms with E-state index in [4.69, 9.17) is 4.74 Å². The third-order valence-electron chi connectivity index (χ3n) is 3.52. The smallest absolute Gasteiger partial charge is 0.426 e. The Kier molecular flexibility index (Phi) is 7.74. The predicted octanol–water partition coefficient (Wildman–Crippen LogP) is 3.46. The summed E-state index contributed by atoms with van der Waals surface area (Å²) < 4.78 is 44.6. The van der Waals surface area contributed by atoms with Crippen molar-refractivity contribution in [1.29, 1.82) is 0 Å². The second kappa shape index (κ2) is 10.0. The van der Waals surface area contributed by atoms with E-state index in [1.807, 2.05) is 5.43 Å². The Balaban J connectivity index is 2.04. The molecule has 2 aromatic rings. The van der Waals surface area contributed by atoms with Crippen LogP contribution in [0.3, 0.4) is 0 Å². The van der Waals surface area contributed by atoms with Crippen molar-refractivity contribution in [3.63, 3.8) is 0 Å². The Bertz CT molecular complexity index is 878. The molecule has 0 bridgehead atoms. The molecule has 0 saturated carbocycles. The normalized spacial score (nSPS) is 10.9. The summed E-state index contributed by atoms with van der Waals surface area (Å²) in [5.74, 6) is -1.16. The molecule has 11 heteroatoms. The molecule has 0 heterocycles. The lowest BCUT2D eigenvalue weighted by molar-refractivity contribution is -0.138. The van der Waals surface area contributed by atoms with E-state index in [-0.39, 0.29) is 11.1 Å². The number of carbonyl (C=O) groups excluding carboxylic acids is 3. The molecule has 2 N–H and O–H groups in total. The van der Waals surface area contributed by atoms with E-state index in [1.54, 1.807) is 30.3 Å². The van der Waals surface area contributed by atoms with Crippen molar-refractivity contribution < 1.29 is 32.3 Å². The van der Waals surface area contributed by atoms with E-state index in [2.05, 4.69) is 21.5 Å². The molecule has 0 atom stereocenters. The van der Waals surface area contributed by atoms with Crippen LogP contribution in [0.25, 0.3) is 0 Å². The minimum atomic E-state index is -4.77. The van der Waals surface area contributed by atoms with Gasteiger partial charge in [0.1, 0.15) is 12.9 Å². The van der Waals surface area contributed by atoms with E-state index >= 15 is 0 Å². The molecule has 29 heavy (non-hydrogen) atoms. The largest absolute Gasteiger partial charge is 0.444 e. The average molecular weight is 474 g/mol. The van der Waals surface area contributed by atoms with Gasteiger partial charge in [-0.1, -0.05) is 46.3 Å². The van der Waals surface area contributed by atoms with Gasteiger partial charge >= 0.3 is 12.3 Å². The van der Waals surface area contributed by atoms with Gasteiger partial charge in [0.05, 0.1) is 17.7 Å². The quantitative estimate of drug-likeness (QED) is 0.474. The van der Waals surface area contributed by atoms with Crippen molar-refractivity contribution >= 4 is 34.2 Å². The topological polar surface area (TPSA) is 87.7 Å². The van der Waals surface area contributed by atoms with Crippen LogP contribution < -0.4 is 11.0 Å². The van der Waals surface area contributed by atoms with Gasteiger partial charge in [0.15, 0.2) is 0 Å². The molecule has 2 aromatic carbocycles. The number of halogens is 4. The SMILES string of the molecule is O=CCN(NNC(=O)c1ccc(Br)cc1C(F)(F)F)C(=O)OCc1ccccc1. The van der Waals surface area contributed by atoms with Gasteiger partial charge in [-0.25, -0.2) is 9.80 Å². The molecule has 0 aliphatic rings. The number of benzene rings is 2.